The predicted octanol–water partition coefficient (Wildman–Crippen LogP) is 10.3. The molecule has 4 aromatic carbocycles. The number of hydrogen-bond donors (Lipinski definition) is 17. The van der Waals surface area contributed by atoms with Gasteiger partial charge in [-0.25, -0.2) is 0 Å². The zero-order valence-electron chi connectivity index (χ0n) is 84.9. The molecule has 125 heavy (non-hydrogen) atoms. The summed E-state index contributed by atoms with van der Waals surface area (Å²) in [6, 6.07) is 25.1. The van der Waals surface area contributed by atoms with Gasteiger partial charge in [0.15, 0.2) is 5.96 Å². The van der Waals surface area contributed by atoms with Crippen LogP contribution in [0.4, 0.5) is 0 Å². The monoisotopic (exact) mass is 1790 g/mol. The Balaban J connectivity index is -0.0000000754. The smallest absolute Gasteiger partial charge is 0.423 e. The highest BCUT2D eigenvalue weighted by Gasteiger charge is 2.19. The minimum atomic E-state index is -1.49. The molecule has 740 valence electrons. The maximum atomic E-state index is 11.8. The van der Waals surface area contributed by atoms with Gasteiger partial charge in [-0.2, -0.15) is 0 Å². The number of nitrogens with zero attached hydrogens (tertiary/aromatic N) is 7. The standard InChI is InChI=1S/4C11H16BNO3.2C7H17NO2.C5H13N3.3C4H11N.8C2H6.2CH4/c4*1-3-8-13(2)11(14)9-4-6-10(7-5-9)12(15)16;2*1-3-4-8(2)5-7(10)6-9;1-3-4-8(2)5(6)7;3*1-3-4-5-2;8*1-2;;/h4*4-7,15-16H,3,8H2,1-2H3;2*7,9-10H,3-6H2,1-2H3;3-4H2,1-2H3,(H3,6,7);3*5H,3-4H2,1-2H3;8*1-2H3;2*1H4. The summed E-state index contributed by atoms with van der Waals surface area (Å²) in [7, 11) is 12.6. The van der Waals surface area contributed by atoms with Gasteiger partial charge in [-0.05, 0) is 203 Å². The van der Waals surface area contributed by atoms with E-state index < -0.39 is 40.7 Å². The molecule has 0 bridgehead atoms. The summed E-state index contributed by atoms with van der Waals surface area (Å²) >= 11 is 0. The molecule has 32 heteroatoms. The van der Waals surface area contributed by atoms with E-state index in [1.165, 1.54) is 67.8 Å². The molecule has 2 unspecified atom stereocenters. The van der Waals surface area contributed by atoms with Gasteiger partial charge in [0.05, 0.1) is 25.4 Å². The molecule has 0 heterocycles. The summed E-state index contributed by atoms with van der Waals surface area (Å²) in [6.45, 7) is 62.6. The Morgan fingerprint density at radius 1 is 0.312 bits per heavy atom. The van der Waals surface area contributed by atoms with Crippen LogP contribution in [0.3, 0.4) is 0 Å². The molecule has 0 radical (unpaired) electrons. The lowest BCUT2D eigenvalue weighted by Crippen LogP contribution is -2.33. The van der Waals surface area contributed by atoms with Crippen LogP contribution in [0.15, 0.2) is 97.1 Å². The Kier molecular flexibility index (Phi) is 152. The number of carbonyl (C=O) groups is 4. The number of hydrogen-bond acceptors (Lipinski definition) is 22. The van der Waals surface area contributed by atoms with Crippen molar-refractivity contribution in [2.24, 2.45) is 5.73 Å². The van der Waals surface area contributed by atoms with Crippen molar-refractivity contribution in [1.29, 1.82) is 5.41 Å². The van der Waals surface area contributed by atoms with E-state index in [9.17, 15) is 19.2 Å². The van der Waals surface area contributed by atoms with Crippen molar-refractivity contribution in [3.8, 4) is 0 Å². The van der Waals surface area contributed by atoms with Crippen molar-refractivity contribution < 1.29 is 79.8 Å². The average Bonchev–Trinajstić information content (AvgIpc) is 0.883. The molecule has 28 nitrogen and oxygen atoms in total. The van der Waals surface area contributed by atoms with E-state index in [2.05, 4.69) is 57.5 Å². The highest BCUT2D eigenvalue weighted by Crippen LogP contribution is 2.07. The van der Waals surface area contributed by atoms with Gasteiger partial charge in [-0.15, -0.1) is 0 Å². The molecule has 0 spiro atoms. The van der Waals surface area contributed by atoms with E-state index in [-0.39, 0.29) is 57.7 Å². The molecule has 0 aromatic heterocycles. The molecule has 0 aliphatic carbocycles. The zero-order chi connectivity index (χ0) is 99.4. The first-order chi connectivity index (χ1) is 58.6. The second-order valence-corrected chi connectivity index (χ2v) is 25.2. The molecule has 4 amide bonds. The van der Waals surface area contributed by atoms with Gasteiger partial charge in [-0.3, -0.25) is 24.6 Å². The van der Waals surface area contributed by atoms with Crippen LogP contribution in [0.25, 0.3) is 0 Å². The Labute approximate surface area is 770 Å². The minimum absolute atomic E-state index is 0. The highest BCUT2D eigenvalue weighted by molar-refractivity contribution is 6.59. The van der Waals surface area contributed by atoms with Crippen molar-refractivity contribution in [2.45, 2.75) is 271 Å². The number of nitrogens with one attached hydrogen (secondary N) is 4. The summed E-state index contributed by atoms with van der Waals surface area (Å²) in [5, 5.41) is 122. The number of amides is 4. The van der Waals surface area contributed by atoms with Crippen LogP contribution in [-0.4, -0.2) is 327 Å². The number of benzene rings is 4. The second-order valence-electron chi connectivity index (χ2n) is 25.2. The summed E-state index contributed by atoms with van der Waals surface area (Å²) in [5.74, 6) is -0.0739. The number of aliphatic hydroxyl groups excluding tert-OH is 4. The van der Waals surface area contributed by atoms with Gasteiger partial charge in [0.25, 0.3) is 23.6 Å². The summed E-state index contributed by atoms with van der Waals surface area (Å²) in [4.78, 5) is 59.5. The number of carbonyl (C=O) groups excluding carboxylic acids is 4. The fourth-order valence-corrected chi connectivity index (χ4v) is 8.81. The Hall–Kier alpha value is -6.39. The maximum Gasteiger partial charge on any atom is 0.488 e. The fourth-order valence-electron chi connectivity index (χ4n) is 8.81. The second kappa shape index (κ2) is 122. The summed E-state index contributed by atoms with van der Waals surface area (Å²) < 4.78 is 0. The third kappa shape index (κ3) is 101. The number of guanidine groups is 1. The van der Waals surface area contributed by atoms with Gasteiger partial charge in [-0.1, -0.05) is 243 Å². The van der Waals surface area contributed by atoms with Gasteiger partial charge in [0.2, 0.25) is 0 Å². The Morgan fingerprint density at radius 2 is 0.464 bits per heavy atom. The van der Waals surface area contributed by atoms with E-state index in [4.69, 9.17) is 71.8 Å². The Morgan fingerprint density at radius 3 is 0.560 bits per heavy atom. The van der Waals surface area contributed by atoms with E-state index in [1.54, 1.807) is 101 Å². The zero-order valence-corrected chi connectivity index (χ0v) is 84.9. The molecule has 2 atom stereocenters. The first-order valence-corrected chi connectivity index (χ1v) is 45.4. The Bertz CT molecular complexity index is 2410. The maximum absolute atomic E-state index is 11.8. The largest absolute Gasteiger partial charge is 0.488 e. The molecule has 0 fully saturated rings. The van der Waals surface area contributed by atoms with Gasteiger partial charge < -0.3 is 117 Å². The van der Waals surface area contributed by atoms with Crippen LogP contribution in [0, 0.1) is 5.41 Å². The number of likely N-dealkylation sites (N-methyl/N-ethyl adjacent to an activating group) is 2. The molecular weight excluding hydrogens is 1580 g/mol. The van der Waals surface area contributed by atoms with E-state index in [0.717, 1.165) is 84.2 Å². The van der Waals surface area contributed by atoms with Crippen LogP contribution < -0.4 is 43.5 Å². The van der Waals surface area contributed by atoms with E-state index in [1.807, 2.05) is 191 Å². The lowest BCUT2D eigenvalue weighted by Gasteiger charge is -2.17. The van der Waals surface area contributed by atoms with Crippen molar-refractivity contribution in [3.05, 3.63) is 119 Å². The molecule has 0 saturated carbocycles. The fraction of sp³-hybridized carbons (Fsp3) is 0.688. The quantitative estimate of drug-likeness (QED) is 0.0117. The summed E-state index contributed by atoms with van der Waals surface area (Å²) in [6.07, 6.45) is 9.37. The van der Waals surface area contributed by atoms with Gasteiger partial charge in [0, 0.05) is 103 Å². The molecule has 0 saturated heterocycles. The molecule has 4 aromatic rings. The number of rotatable bonds is 34. The minimum Gasteiger partial charge on any atom is -0.423 e. The molecule has 4 rings (SSSR count). The van der Waals surface area contributed by atoms with Crippen molar-refractivity contribution in [3.63, 3.8) is 0 Å². The van der Waals surface area contributed by atoms with Crippen molar-refractivity contribution >= 4 is 79.9 Å². The molecule has 18 N–H and O–H groups in total. The van der Waals surface area contributed by atoms with E-state index in [0.29, 0.717) is 83.4 Å². The average molecular weight is 1790 g/mol. The normalized spacial score (nSPS) is 9.33. The van der Waals surface area contributed by atoms with Gasteiger partial charge >= 0.3 is 28.5 Å². The van der Waals surface area contributed by atoms with Crippen molar-refractivity contribution in [2.75, 3.05) is 162 Å². The summed E-state index contributed by atoms with van der Waals surface area (Å²) in [5.41, 5.74) is 8.89. The first kappa shape index (κ1) is 156. The molecule has 0 aliphatic heterocycles. The lowest BCUT2D eigenvalue weighted by atomic mass is 9.80. The van der Waals surface area contributed by atoms with Crippen LogP contribution in [0.2, 0.25) is 0 Å². The molecular formula is C93H200B4N12O16. The van der Waals surface area contributed by atoms with Crippen LogP contribution in [-0.2, 0) is 0 Å². The SMILES string of the molecule is C.C.CC.CC.CC.CC.CC.CC.CC.CC.CCCN(C)C(=N)N.CCCN(C)C(=O)c1ccc(B(O)O)cc1.CCCN(C)C(=O)c1ccc(B(O)O)cc1.CCCN(C)C(=O)c1ccc(B(O)O)cc1.CCCN(C)C(=O)c1ccc(B(O)O)cc1.CCCN(C)CC(O)CO.CCCN(C)CC(O)CO.CCCNC.CCCNC.CCCNC. The highest BCUT2D eigenvalue weighted by atomic mass is 16.4. The van der Waals surface area contributed by atoms with E-state index >= 15 is 0 Å². The lowest BCUT2D eigenvalue weighted by molar-refractivity contribution is 0.0666. The first-order valence-electron chi connectivity index (χ1n) is 45.4. The topological polar surface area (TPSA) is 420 Å². The van der Waals surface area contributed by atoms with Gasteiger partial charge in [0.1, 0.15) is 0 Å². The number of nitrogens with two attached hydrogens (primary N) is 1. The van der Waals surface area contributed by atoms with Crippen LogP contribution >= 0.6 is 0 Å². The third-order valence-corrected chi connectivity index (χ3v) is 14.6. The van der Waals surface area contributed by atoms with Crippen molar-refractivity contribution in [1.82, 2.24) is 50.2 Å². The van der Waals surface area contributed by atoms with Crippen LogP contribution in [0.1, 0.15) is 301 Å². The predicted molar refractivity (Wildman–Crippen MR) is 548 cm³/mol. The third-order valence-electron chi connectivity index (χ3n) is 14.6. The number of aliphatic hydroxyl groups is 4. The van der Waals surface area contributed by atoms with Crippen LogP contribution in [0.5, 0.6) is 0 Å². The molecule has 0 aliphatic rings.